The van der Waals surface area contributed by atoms with Gasteiger partial charge in [-0.2, -0.15) is 34.8 Å². The number of ether oxygens (including phenoxy) is 1. The highest BCUT2D eigenvalue weighted by Crippen LogP contribution is 2.42. The second-order valence-corrected chi connectivity index (χ2v) is 6.94. The minimum absolute atomic E-state index is 0.338. The number of halogens is 6. The van der Waals surface area contributed by atoms with Gasteiger partial charge in [-0.25, -0.2) is 0 Å². The van der Waals surface area contributed by atoms with Crippen LogP contribution in [0.3, 0.4) is 0 Å². The highest BCUT2D eigenvalue weighted by Gasteiger charge is 2.49. The molecular weight excluding hydrogens is 366 g/mol. The van der Waals surface area contributed by atoms with E-state index >= 15 is 0 Å². The van der Waals surface area contributed by atoms with Crippen LogP contribution in [0.5, 0.6) is 5.75 Å². The average Bonchev–Trinajstić information content (AvgIpc) is 2.33. The van der Waals surface area contributed by atoms with Gasteiger partial charge in [-0.3, -0.25) is 0 Å². The summed E-state index contributed by atoms with van der Waals surface area (Å²) < 4.78 is 107. The first-order chi connectivity index (χ1) is 10.6. The fourth-order valence-electron chi connectivity index (χ4n) is 1.93. The monoisotopic (exact) mass is 376 g/mol. The van der Waals surface area contributed by atoms with Gasteiger partial charge in [0, 0.05) is 6.08 Å². The number of hydrogen-bond acceptors (Lipinski definition) is 4. The summed E-state index contributed by atoms with van der Waals surface area (Å²) in [6.07, 6.45) is -3.77. The van der Waals surface area contributed by atoms with Crippen LogP contribution in [-0.4, -0.2) is 19.5 Å². The molecule has 0 aromatic heterocycles. The zero-order valence-corrected chi connectivity index (χ0v) is 12.9. The summed E-state index contributed by atoms with van der Waals surface area (Å²) in [5, 5.41) is 0. The number of rotatable bonds is 2. The topological polar surface area (TPSA) is 52.6 Å². The van der Waals surface area contributed by atoms with Gasteiger partial charge in [0.15, 0.2) is 5.76 Å². The summed E-state index contributed by atoms with van der Waals surface area (Å²) in [5.41, 5.74) is -8.50. The summed E-state index contributed by atoms with van der Waals surface area (Å²) in [6, 6.07) is 1.93. The SMILES string of the molecule is CC1(C)C=C(OS(=O)(=O)C(F)(F)F)c2ccc(C(F)(F)F)cc2O1. The molecule has 0 atom stereocenters. The molecule has 11 heteroatoms. The molecule has 0 N–H and O–H groups in total. The van der Waals surface area contributed by atoms with Crippen molar-refractivity contribution in [2.24, 2.45) is 0 Å². The van der Waals surface area contributed by atoms with Crippen LogP contribution in [0.1, 0.15) is 25.0 Å². The van der Waals surface area contributed by atoms with Gasteiger partial charge in [-0.05, 0) is 32.0 Å². The third-order valence-electron chi connectivity index (χ3n) is 2.91. The van der Waals surface area contributed by atoms with Crippen LogP contribution in [0.15, 0.2) is 24.3 Å². The average molecular weight is 376 g/mol. The van der Waals surface area contributed by atoms with Crippen LogP contribution in [0.2, 0.25) is 0 Å². The molecule has 0 aliphatic carbocycles. The zero-order chi connectivity index (χ0) is 18.6. The zero-order valence-electron chi connectivity index (χ0n) is 12.1. The van der Waals surface area contributed by atoms with Crippen LogP contribution >= 0.6 is 0 Å². The standard InChI is InChI=1S/C13H10F6O4S/c1-11(2)6-10(23-24(20,21)13(17,18)19)8-4-3-7(12(14,15)16)5-9(8)22-11/h3-6H,1-2H3. The molecule has 0 saturated carbocycles. The molecule has 0 fully saturated rings. The maximum Gasteiger partial charge on any atom is 0.534 e. The van der Waals surface area contributed by atoms with Crippen molar-refractivity contribution in [2.45, 2.75) is 31.1 Å². The Balaban J connectivity index is 2.53. The van der Waals surface area contributed by atoms with Gasteiger partial charge in [-0.1, -0.05) is 0 Å². The molecular formula is C13H10F6O4S. The summed E-state index contributed by atoms with van der Waals surface area (Å²) in [6.45, 7) is 2.64. The van der Waals surface area contributed by atoms with Crippen LogP contribution in [0, 0.1) is 0 Å². The Morgan fingerprint density at radius 2 is 1.67 bits per heavy atom. The fraction of sp³-hybridized carbons (Fsp3) is 0.385. The smallest absolute Gasteiger partial charge is 0.483 e. The van der Waals surface area contributed by atoms with E-state index in [4.69, 9.17) is 4.74 Å². The number of hydrogen-bond donors (Lipinski definition) is 0. The Hall–Kier alpha value is -1.91. The lowest BCUT2D eigenvalue weighted by molar-refractivity contribution is -0.137. The van der Waals surface area contributed by atoms with E-state index in [0.717, 1.165) is 12.1 Å². The lowest BCUT2D eigenvalue weighted by Crippen LogP contribution is -2.31. The second-order valence-electron chi connectivity index (χ2n) is 5.41. The molecule has 0 amide bonds. The summed E-state index contributed by atoms with van der Waals surface area (Å²) >= 11 is 0. The molecule has 0 unspecified atom stereocenters. The van der Waals surface area contributed by atoms with Crippen LogP contribution in [0.4, 0.5) is 26.3 Å². The maximum absolute atomic E-state index is 12.7. The van der Waals surface area contributed by atoms with E-state index in [2.05, 4.69) is 4.18 Å². The van der Waals surface area contributed by atoms with Crippen molar-refractivity contribution >= 4 is 15.9 Å². The molecule has 0 saturated heterocycles. The highest BCUT2D eigenvalue weighted by atomic mass is 32.2. The first-order valence-corrected chi connectivity index (χ1v) is 7.67. The Bertz CT molecular complexity index is 790. The molecule has 1 aliphatic rings. The van der Waals surface area contributed by atoms with Crippen molar-refractivity contribution in [1.82, 2.24) is 0 Å². The largest absolute Gasteiger partial charge is 0.534 e. The number of benzene rings is 1. The normalized spacial score (nSPS) is 17.6. The van der Waals surface area contributed by atoms with Crippen molar-refractivity contribution in [3.05, 3.63) is 35.4 Å². The van der Waals surface area contributed by atoms with Gasteiger partial charge in [0.05, 0.1) is 11.1 Å². The van der Waals surface area contributed by atoms with E-state index in [1.54, 1.807) is 0 Å². The van der Waals surface area contributed by atoms with Crippen molar-refractivity contribution in [3.8, 4) is 5.75 Å². The first kappa shape index (κ1) is 18.4. The third-order valence-corrected chi connectivity index (χ3v) is 3.87. The van der Waals surface area contributed by atoms with E-state index in [0.29, 0.717) is 12.1 Å². The molecule has 1 heterocycles. The Morgan fingerprint density at radius 1 is 1.08 bits per heavy atom. The number of alkyl halides is 6. The Labute approximate surface area is 132 Å². The molecule has 134 valence electrons. The third kappa shape index (κ3) is 3.60. The first-order valence-electron chi connectivity index (χ1n) is 6.27. The van der Waals surface area contributed by atoms with Crippen molar-refractivity contribution in [2.75, 3.05) is 0 Å². The van der Waals surface area contributed by atoms with Crippen LogP contribution in [-0.2, 0) is 20.5 Å². The molecule has 1 aromatic rings. The molecule has 1 aliphatic heterocycles. The van der Waals surface area contributed by atoms with E-state index in [1.165, 1.54) is 13.8 Å². The van der Waals surface area contributed by atoms with E-state index in [1.807, 2.05) is 0 Å². The molecule has 1 aromatic carbocycles. The lowest BCUT2D eigenvalue weighted by atomic mass is 9.99. The Kier molecular flexibility index (Phi) is 4.07. The predicted octanol–water partition coefficient (Wildman–Crippen LogP) is 4.08. The molecule has 24 heavy (non-hydrogen) atoms. The van der Waals surface area contributed by atoms with Gasteiger partial charge >= 0.3 is 21.8 Å². The summed E-state index contributed by atoms with van der Waals surface area (Å²) in [4.78, 5) is 0. The summed E-state index contributed by atoms with van der Waals surface area (Å²) in [7, 11) is -5.97. The molecule has 2 rings (SSSR count). The van der Waals surface area contributed by atoms with Gasteiger partial charge in [0.1, 0.15) is 11.4 Å². The summed E-state index contributed by atoms with van der Waals surface area (Å²) in [5.74, 6) is -1.20. The Morgan fingerprint density at radius 3 is 2.17 bits per heavy atom. The molecule has 0 spiro atoms. The van der Waals surface area contributed by atoms with Gasteiger partial charge in [-0.15, -0.1) is 0 Å². The molecule has 0 radical (unpaired) electrons. The maximum atomic E-state index is 12.7. The van der Waals surface area contributed by atoms with E-state index in [-0.39, 0.29) is 5.56 Å². The van der Waals surface area contributed by atoms with Gasteiger partial charge in [0.25, 0.3) is 0 Å². The van der Waals surface area contributed by atoms with Crippen molar-refractivity contribution < 1.29 is 43.7 Å². The van der Waals surface area contributed by atoms with E-state index in [9.17, 15) is 34.8 Å². The van der Waals surface area contributed by atoms with Gasteiger partial charge < -0.3 is 8.92 Å². The van der Waals surface area contributed by atoms with Crippen molar-refractivity contribution in [1.29, 1.82) is 0 Å². The van der Waals surface area contributed by atoms with Crippen molar-refractivity contribution in [3.63, 3.8) is 0 Å². The lowest BCUT2D eigenvalue weighted by Gasteiger charge is -2.31. The minimum Gasteiger partial charge on any atom is -0.483 e. The molecule has 0 bridgehead atoms. The number of fused-ring (bicyclic) bond motifs is 1. The second kappa shape index (κ2) is 5.30. The van der Waals surface area contributed by atoms with Crippen LogP contribution < -0.4 is 4.74 Å². The minimum atomic E-state index is -5.97. The fourth-order valence-corrected chi connectivity index (χ4v) is 2.40. The van der Waals surface area contributed by atoms with E-state index < -0.39 is 44.5 Å². The van der Waals surface area contributed by atoms with Gasteiger partial charge in [0.2, 0.25) is 0 Å². The van der Waals surface area contributed by atoms with Crippen LogP contribution in [0.25, 0.3) is 5.76 Å². The molecule has 4 nitrogen and oxygen atoms in total. The highest BCUT2D eigenvalue weighted by molar-refractivity contribution is 7.87. The predicted molar refractivity (Wildman–Crippen MR) is 70.2 cm³/mol. The quantitative estimate of drug-likeness (QED) is 0.443.